The number of benzene rings is 5. The fourth-order valence-electron chi connectivity index (χ4n) is 6.34. The third kappa shape index (κ3) is 10.0. The number of rotatable bonds is 14. The molecule has 0 unspecified atom stereocenters. The molecule has 0 aromatic heterocycles. The van der Waals surface area contributed by atoms with Crippen LogP contribution in [0.2, 0.25) is 0 Å². The Labute approximate surface area is 306 Å². The molecule has 4 atom stereocenters. The lowest BCUT2D eigenvalue weighted by atomic mass is 9.99. The first-order valence-electron chi connectivity index (χ1n) is 17.4. The zero-order chi connectivity index (χ0) is 36.5. The van der Waals surface area contributed by atoms with E-state index in [9.17, 15) is 18.3 Å². The highest BCUT2D eigenvalue weighted by Crippen LogP contribution is 2.38. The van der Waals surface area contributed by atoms with Gasteiger partial charge in [0.25, 0.3) is 0 Å². The average molecular weight is 720 g/mol. The van der Waals surface area contributed by atoms with Gasteiger partial charge >= 0.3 is 0 Å². The lowest BCUT2D eigenvalue weighted by Crippen LogP contribution is -2.45. The largest absolute Gasteiger partial charge is 0.392 e. The van der Waals surface area contributed by atoms with E-state index in [1.807, 2.05) is 91.9 Å². The summed E-state index contributed by atoms with van der Waals surface area (Å²) in [6.45, 7) is 3.27. The number of amides is 1. The molecule has 1 amide bonds. The van der Waals surface area contributed by atoms with E-state index in [0.717, 1.165) is 28.8 Å². The number of aryl methyl sites for hydroxylation is 1. The van der Waals surface area contributed by atoms with Crippen LogP contribution in [0.15, 0.2) is 138 Å². The number of nitrogens with zero attached hydrogens (tertiary/aromatic N) is 1. The van der Waals surface area contributed by atoms with Crippen LogP contribution in [-0.4, -0.2) is 50.1 Å². The molecule has 0 bridgehead atoms. The standard InChI is InChI=1S/C42H45N3O6S/c1-30-16-22-38(23-17-30)52(48,49)44-39(24-31-10-5-3-6-11-31)41(47)43-36-15-9-14-35(25-36)42-50-37(28-45(2)27-32-12-7-4-8-13-32)26-40(51-42)34-20-18-33(29-46)19-21-34/h3-23,25,37,39-40,42,44,46H,24,26-29H2,1-2H3,(H,43,47)/t37-,39-,40+,42+/m1/s1. The molecule has 10 heteroatoms. The molecule has 5 aromatic rings. The topological polar surface area (TPSA) is 117 Å². The van der Waals surface area contributed by atoms with E-state index in [0.29, 0.717) is 24.2 Å². The molecule has 1 aliphatic rings. The lowest BCUT2D eigenvalue weighted by Gasteiger charge is -2.38. The van der Waals surface area contributed by atoms with E-state index in [2.05, 4.69) is 34.1 Å². The lowest BCUT2D eigenvalue weighted by molar-refractivity contribution is -0.252. The molecular formula is C42H45N3O6S. The minimum absolute atomic E-state index is 0.0391. The van der Waals surface area contributed by atoms with Gasteiger partial charge < -0.3 is 19.9 Å². The Morgan fingerprint density at radius 1 is 0.808 bits per heavy atom. The van der Waals surface area contributed by atoms with E-state index >= 15 is 0 Å². The van der Waals surface area contributed by atoms with E-state index in [1.165, 1.54) is 17.7 Å². The molecular weight excluding hydrogens is 675 g/mol. The van der Waals surface area contributed by atoms with Gasteiger partial charge in [-0.3, -0.25) is 9.69 Å². The first-order valence-corrected chi connectivity index (χ1v) is 18.9. The number of anilines is 1. The monoisotopic (exact) mass is 719 g/mol. The molecule has 270 valence electrons. The third-order valence-electron chi connectivity index (χ3n) is 9.08. The maximum absolute atomic E-state index is 13.9. The van der Waals surface area contributed by atoms with Crippen LogP contribution in [0.25, 0.3) is 0 Å². The normalized spacial score (nSPS) is 18.2. The molecule has 0 radical (unpaired) electrons. The molecule has 1 heterocycles. The van der Waals surface area contributed by atoms with Crippen LogP contribution in [0.4, 0.5) is 5.69 Å². The number of ether oxygens (including phenoxy) is 2. The van der Waals surface area contributed by atoms with Gasteiger partial charge in [0.1, 0.15) is 6.04 Å². The van der Waals surface area contributed by atoms with Crippen LogP contribution < -0.4 is 10.0 Å². The van der Waals surface area contributed by atoms with Crippen LogP contribution >= 0.6 is 0 Å². The fourth-order valence-corrected chi connectivity index (χ4v) is 7.54. The Kier molecular flexibility index (Phi) is 12.3. The number of nitrogens with one attached hydrogen (secondary N) is 2. The number of sulfonamides is 1. The van der Waals surface area contributed by atoms with Gasteiger partial charge in [0.15, 0.2) is 6.29 Å². The molecule has 1 fully saturated rings. The SMILES string of the molecule is Cc1ccc(S(=O)(=O)N[C@H](Cc2ccccc2)C(=O)Nc2cccc([C@H]3O[C@@H](CN(C)Cc4ccccc4)C[C@@H](c4ccc(CO)cc4)O3)c2)cc1. The van der Waals surface area contributed by atoms with Crippen molar-refractivity contribution in [1.29, 1.82) is 0 Å². The number of carbonyl (C=O) groups is 1. The van der Waals surface area contributed by atoms with Crippen molar-refractivity contribution in [2.75, 3.05) is 18.9 Å². The van der Waals surface area contributed by atoms with E-state index in [-0.39, 0.29) is 30.1 Å². The molecule has 5 aromatic carbocycles. The van der Waals surface area contributed by atoms with Gasteiger partial charge in [0, 0.05) is 30.8 Å². The second-order valence-electron chi connectivity index (χ2n) is 13.3. The quantitative estimate of drug-likeness (QED) is 0.117. The minimum Gasteiger partial charge on any atom is -0.392 e. The van der Waals surface area contributed by atoms with Crippen molar-refractivity contribution in [2.45, 2.75) is 62.4 Å². The summed E-state index contributed by atoms with van der Waals surface area (Å²) < 4.78 is 42.6. The van der Waals surface area contributed by atoms with Crippen LogP contribution in [0, 0.1) is 6.92 Å². The van der Waals surface area contributed by atoms with E-state index < -0.39 is 28.3 Å². The molecule has 1 aliphatic heterocycles. The zero-order valence-electron chi connectivity index (χ0n) is 29.4. The van der Waals surface area contributed by atoms with Gasteiger partial charge in [-0.25, -0.2) is 8.42 Å². The minimum atomic E-state index is -4.00. The summed E-state index contributed by atoms with van der Waals surface area (Å²) in [5.41, 5.74) is 5.95. The van der Waals surface area contributed by atoms with Crippen molar-refractivity contribution in [3.8, 4) is 0 Å². The van der Waals surface area contributed by atoms with Gasteiger partial charge in [-0.05, 0) is 66.9 Å². The van der Waals surface area contributed by atoms with Crippen LogP contribution in [0.1, 0.15) is 52.2 Å². The summed E-state index contributed by atoms with van der Waals surface area (Å²) in [6.07, 6.45) is -0.386. The number of hydrogen-bond acceptors (Lipinski definition) is 7. The summed E-state index contributed by atoms with van der Waals surface area (Å²) in [4.78, 5) is 16.2. The van der Waals surface area contributed by atoms with Crippen molar-refractivity contribution in [3.63, 3.8) is 0 Å². The molecule has 0 saturated carbocycles. The number of hydrogen-bond donors (Lipinski definition) is 3. The Morgan fingerprint density at radius 2 is 1.48 bits per heavy atom. The fraction of sp³-hybridized carbons (Fsp3) is 0.262. The number of carbonyl (C=O) groups excluding carboxylic acids is 1. The third-order valence-corrected chi connectivity index (χ3v) is 10.6. The van der Waals surface area contributed by atoms with Gasteiger partial charge in [0.2, 0.25) is 15.9 Å². The first-order chi connectivity index (χ1) is 25.1. The molecule has 52 heavy (non-hydrogen) atoms. The highest BCUT2D eigenvalue weighted by atomic mass is 32.2. The highest BCUT2D eigenvalue weighted by Gasteiger charge is 2.33. The average Bonchev–Trinajstić information content (AvgIpc) is 3.15. The van der Waals surface area contributed by atoms with Crippen LogP contribution in [-0.2, 0) is 43.9 Å². The van der Waals surface area contributed by atoms with E-state index in [4.69, 9.17) is 9.47 Å². The van der Waals surface area contributed by atoms with Crippen LogP contribution in [0.5, 0.6) is 0 Å². The number of aliphatic hydroxyl groups excluding tert-OH is 1. The molecule has 6 rings (SSSR count). The maximum Gasteiger partial charge on any atom is 0.242 e. The molecule has 0 aliphatic carbocycles. The zero-order valence-corrected chi connectivity index (χ0v) is 30.2. The Morgan fingerprint density at radius 3 is 2.15 bits per heavy atom. The number of likely N-dealkylation sites (N-methyl/N-ethyl adjacent to an activating group) is 1. The first kappa shape index (κ1) is 37.1. The van der Waals surface area contributed by atoms with Crippen molar-refractivity contribution in [1.82, 2.24) is 9.62 Å². The van der Waals surface area contributed by atoms with E-state index in [1.54, 1.807) is 24.3 Å². The van der Waals surface area contributed by atoms with Gasteiger partial charge in [-0.2, -0.15) is 4.72 Å². The molecule has 0 spiro atoms. The van der Waals surface area contributed by atoms with Gasteiger partial charge in [-0.15, -0.1) is 0 Å². The maximum atomic E-state index is 13.9. The van der Waals surface area contributed by atoms with Crippen molar-refractivity contribution in [2.24, 2.45) is 0 Å². The summed E-state index contributed by atoms with van der Waals surface area (Å²) in [5, 5.41) is 12.5. The Bertz CT molecular complexity index is 2010. The second-order valence-corrected chi connectivity index (χ2v) is 15.0. The Hall–Kier alpha value is -4.68. The summed E-state index contributed by atoms with van der Waals surface area (Å²) in [6, 6.07) is 40.0. The van der Waals surface area contributed by atoms with Crippen LogP contribution in [0.3, 0.4) is 0 Å². The molecule has 1 saturated heterocycles. The number of aliphatic hydroxyl groups is 1. The predicted molar refractivity (Wildman–Crippen MR) is 202 cm³/mol. The smallest absolute Gasteiger partial charge is 0.242 e. The predicted octanol–water partition coefficient (Wildman–Crippen LogP) is 6.69. The van der Waals surface area contributed by atoms with Gasteiger partial charge in [0.05, 0.1) is 23.7 Å². The van der Waals surface area contributed by atoms with Crippen molar-refractivity contribution >= 4 is 21.6 Å². The second kappa shape index (κ2) is 17.2. The molecule has 9 nitrogen and oxygen atoms in total. The summed E-state index contributed by atoms with van der Waals surface area (Å²) >= 11 is 0. The highest BCUT2D eigenvalue weighted by molar-refractivity contribution is 7.89. The summed E-state index contributed by atoms with van der Waals surface area (Å²) in [5.74, 6) is -0.496. The molecule has 3 N–H and O–H groups in total. The van der Waals surface area contributed by atoms with Gasteiger partial charge in [-0.1, -0.05) is 115 Å². The Balaban J connectivity index is 1.21. The summed E-state index contributed by atoms with van der Waals surface area (Å²) in [7, 11) is -1.93. The van der Waals surface area contributed by atoms with Crippen molar-refractivity contribution < 1.29 is 27.8 Å². The van der Waals surface area contributed by atoms with Crippen molar-refractivity contribution in [3.05, 3.63) is 167 Å².